The molecule has 2 rings (SSSR count). The zero-order valence-corrected chi connectivity index (χ0v) is 15.3. The van der Waals surface area contributed by atoms with Crippen LogP contribution in [-0.4, -0.2) is 26.3 Å². The molecule has 5 nitrogen and oxygen atoms in total. The Bertz CT molecular complexity index is 820. The number of carbonyl (C=O) groups excluding carboxylic acids is 1. The highest BCUT2D eigenvalue weighted by molar-refractivity contribution is 7.89. The smallest absolute Gasteiger partial charge is 0.241 e. The van der Waals surface area contributed by atoms with E-state index in [0.717, 1.165) is 0 Å². The minimum atomic E-state index is -3.89. The molecule has 0 saturated heterocycles. The van der Waals surface area contributed by atoms with E-state index in [1.165, 1.54) is 12.1 Å². The van der Waals surface area contributed by atoms with Gasteiger partial charge in [0.05, 0.1) is 4.90 Å². The molecule has 25 heavy (non-hydrogen) atoms. The lowest BCUT2D eigenvalue weighted by Gasteiger charge is -2.31. The van der Waals surface area contributed by atoms with E-state index in [9.17, 15) is 13.2 Å². The van der Waals surface area contributed by atoms with E-state index in [-0.39, 0.29) is 22.8 Å². The quantitative estimate of drug-likeness (QED) is 0.708. The van der Waals surface area contributed by atoms with Crippen molar-refractivity contribution < 1.29 is 13.2 Å². The van der Waals surface area contributed by atoms with Crippen LogP contribution in [0.15, 0.2) is 59.5 Å². The van der Waals surface area contributed by atoms with E-state index in [0.29, 0.717) is 18.4 Å². The number of hydrogen-bond acceptors (Lipinski definition) is 4. The van der Waals surface area contributed by atoms with Gasteiger partial charge in [-0.15, -0.1) is 0 Å². The monoisotopic (exact) mass is 360 g/mol. The van der Waals surface area contributed by atoms with Crippen LogP contribution in [0.3, 0.4) is 0 Å². The van der Waals surface area contributed by atoms with Crippen molar-refractivity contribution >= 4 is 15.8 Å². The van der Waals surface area contributed by atoms with Crippen molar-refractivity contribution in [2.45, 2.75) is 37.1 Å². The summed E-state index contributed by atoms with van der Waals surface area (Å²) in [4.78, 5) is 12.7. The second-order valence-corrected chi connectivity index (χ2v) is 7.64. The van der Waals surface area contributed by atoms with Crippen LogP contribution in [0.4, 0.5) is 0 Å². The average Bonchev–Trinajstić information content (AvgIpc) is 2.66. The summed E-state index contributed by atoms with van der Waals surface area (Å²) in [6.07, 6.45) is 1.13. The highest BCUT2D eigenvalue weighted by atomic mass is 32.2. The summed E-state index contributed by atoms with van der Waals surface area (Å²) in [6.45, 7) is 3.97. The number of nitrogens with two attached hydrogens (primary N) is 1. The number of hydrogen-bond donors (Lipinski definition) is 2. The van der Waals surface area contributed by atoms with Gasteiger partial charge in [0.2, 0.25) is 10.0 Å². The van der Waals surface area contributed by atoms with Gasteiger partial charge in [-0.05, 0) is 25.0 Å². The fourth-order valence-electron chi connectivity index (χ4n) is 2.70. The lowest BCUT2D eigenvalue weighted by molar-refractivity contribution is 0.103. The predicted octanol–water partition coefficient (Wildman–Crippen LogP) is 2.71. The molecule has 134 valence electrons. The molecule has 0 atom stereocenters. The number of benzene rings is 2. The first kappa shape index (κ1) is 19.3. The van der Waals surface area contributed by atoms with Gasteiger partial charge >= 0.3 is 0 Å². The average molecular weight is 360 g/mol. The SMILES string of the molecule is CCC(CC)(CN)NS(=O)(=O)c1ccccc1C(=O)c1ccccc1. The topological polar surface area (TPSA) is 89.3 Å². The number of rotatable bonds is 8. The summed E-state index contributed by atoms with van der Waals surface area (Å²) in [5.41, 5.74) is 5.69. The third kappa shape index (κ3) is 4.15. The van der Waals surface area contributed by atoms with Gasteiger partial charge in [-0.25, -0.2) is 13.1 Å². The Labute approximate surface area is 149 Å². The molecule has 6 heteroatoms. The van der Waals surface area contributed by atoms with Gasteiger partial charge in [-0.2, -0.15) is 0 Å². The fraction of sp³-hybridized carbons (Fsp3) is 0.316. The third-order valence-corrected chi connectivity index (χ3v) is 6.19. The van der Waals surface area contributed by atoms with Crippen LogP contribution in [0.1, 0.15) is 42.6 Å². The van der Waals surface area contributed by atoms with Crippen LogP contribution < -0.4 is 10.5 Å². The van der Waals surface area contributed by atoms with Crippen molar-refractivity contribution in [3.63, 3.8) is 0 Å². The van der Waals surface area contributed by atoms with Crippen molar-refractivity contribution in [3.8, 4) is 0 Å². The third-order valence-electron chi connectivity index (χ3n) is 4.55. The first-order valence-electron chi connectivity index (χ1n) is 8.32. The van der Waals surface area contributed by atoms with Gasteiger partial charge < -0.3 is 5.73 Å². The fourth-order valence-corrected chi connectivity index (χ4v) is 4.46. The zero-order valence-electron chi connectivity index (χ0n) is 14.5. The van der Waals surface area contributed by atoms with Gasteiger partial charge in [0, 0.05) is 23.2 Å². The Balaban J connectivity index is 2.48. The molecule has 0 aliphatic rings. The summed E-state index contributed by atoms with van der Waals surface area (Å²) >= 11 is 0. The minimum absolute atomic E-state index is 0.0245. The second kappa shape index (κ2) is 7.91. The van der Waals surface area contributed by atoms with E-state index in [2.05, 4.69) is 4.72 Å². The predicted molar refractivity (Wildman–Crippen MR) is 99.0 cm³/mol. The second-order valence-electron chi connectivity index (χ2n) is 5.99. The van der Waals surface area contributed by atoms with E-state index in [1.54, 1.807) is 42.5 Å². The Kier molecular flexibility index (Phi) is 6.11. The van der Waals surface area contributed by atoms with Crippen molar-refractivity contribution in [3.05, 3.63) is 65.7 Å². The first-order chi connectivity index (χ1) is 11.9. The molecule has 0 amide bonds. The molecule has 0 aliphatic carbocycles. The Morgan fingerprint density at radius 2 is 1.56 bits per heavy atom. The Hall–Kier alpha value is -2.02. The van der Waals surface area contributed by atoms with E-state index in [1.807, 2.05) is 13.8 Å². The number of nitrogens with one attached hydrogen (secondary N) is 1. The lowest BCUT2D eigenvalue weighted by Crippen LogP contribution is -2.52. The highest BCUT2D eigenvalue weighted by Gasteiger charge is 2.32. The van der Waals surface area contributed by atoms with E-state index < -0.39 is 15.6 Å². The molecule has 0 heterocycles. The van der Waals surface area contributed by atoms with Gasteiger partial charge in [0.1, 0.15) is 0 Å². The Morgan fingerprint density at radius 3 is 2.12 bits per heavy atom. The van der Waals surface area contributed by atoms with Crippen LogP contribution >= 0.6 is 0 Å². The molecule has 3 N–H and O–H groups in total. The van der Waals surface area contributed by atoms with Gasteiger partial charge in [-0.1, -0.05) is 56.3 Å². The highest BCUT2D eigenvalue weighted by Crippen LogP contribution is 2.23. The molecule has 0 fully saturated rings. The number of carbonyl (C=O) groups is 1. The minimum Gasteiger partial charge on any atom is -0.329 e. The van der Waals surface area contributed by atoms with Crippen LogP contribution in [0.25, 0.3) is 0 Å². The molecule has 0 bridgehead atoms. The zero-order chi connectivity index (χ0) is 18.5. The maximum absolute atomic E-state index is 13.0. The van der Waals surface area contributed by atoms with Gasteiger partial charge in [-0.3, -0.25) is 4.79 Å². The van der Waals surface area contributed by atoms with E-state index in [4.69, 9.17) is 5.73 Å². The molecule has 0 saturated carbocycles. The lowest BCUT2D eigenvalue weighted by atomic mass is 9.95. The van der Waals surface area contributed by atoms with Crippen molar-refractivity contribution in [2.75, 3.05) is 6.54 Å². The number of ketones is 1. The summed E-state index contributed by atoms with van der Waals surface area (Å²) < 4.78 is 28.6. The maximum atomic E-state index is 13.0. The normalized spacial score (nSPS) is 12.1. The summed E-state index contributed by atoms with van der Waals surface area (Å²) in [7, 11) is -3.89. The van der Waals surface area contributed by atoms with Crippen molar-refractivity contribution in [1.82, 2.24) is 4.72 Å². The van der Waals surface area contributed by atoms with Crippen LogP contribution in [0.2, 0.25) is 0 Å². The summed E-state index contributed by atoms with van der Waals surface area (Å²) in [5.74, 6) is -0.326. The summed E-state index contributed by atoms with van der Waals surface area (Å²) in [6, 6.07) is 14.9. The van der Waals surface area contributed by atoms with Crippen LogP contribution in [0, 0.1) is 0 Å². The van der Waals surface area contributed by atoms with Gasteiger partial charge in [0.15, 0.2) is 5.78 Å². The van der Waals surface area contributed by atoms with Crippen LogP contribution in [-0.2, 0) is 10.0 Å². The molecule has 2 aromatic carbocycles. The largest absolute Gasteiger partial charge is 0.329 e. The number of sulfonamides is 1. The molecule has 2 aromatic rings. The first-order valence-corrected chi connectivity index (χ1v) is 9.80. The van der Waals surface area contributed by atoms with Crippen molar-refractivity contribution in [1.29, 1.82) is 0 Å². The molecular weight excluding hydrogens is 336 g/mol. The maximum Gasteiger partial charge on any atom is 0.241 e. The van der Waals surface area contributed by atoms with Crippen LogP contribution in [0.5, 0.6) is 0 Å². The molecular formula is C19H24N2O3S. The van der Waals surface area contributed by atoms with E-state index >= 15 is 0 Å². The molecule has 0 aromatic heterocycles. The molecule has 0 radical (unpaired) electrons. The molecule has 0 unspecified atom stereocenters. The Morgan fingerprint density at radius 1 is 1.00 bits per heavy atom. The summed E-state index contributed by atoms with van der Waals surface area (Å²) in [5, 5.41) is 0. The molecule has 0 spiro atoms. The van der Waals surface area contributed by atoms with Gasteiger partial charge in [0.25, 0.3) is 0 Å². The molecule has 0 aliphatic heterocycles. The standard InChI is InChI=1S/C19H24N2O3S/c1-3-19(4-2,14-20)21-25(23,24)17-13-9-8-12-16(17)18(22)15-10-6-5-7-11-15/h5-13,21H,3-4,14,20H2,1-2H3. The van der Waals surface area contributed by atoms with Crippen molar-refractivity contribution in [2.24, 2.45) is 5.73 Å².